The summed E-state index contributed by atoms with van der Waals surface area (Å²) in [5.74, 6) is 1.40. The van der Waals surface area contributed by atoms with E-state index in [1.54, 1.807) is 36.1 Å². The van der Waals surface area contributed by atoms with Crippen molar-refractivity contribution in [2.45, 2.75) is 32.2 Å². The second-order valence-corrected chi connectivity index (χ2v) is 8.65. The lowest BCUT2D eigenvalue weighted by molar-refractivity contribution is 0.0711. The lowest BCUT2D eigenvalue weighted by Crippen LogP contribution is -2.38. The zero-order chi connectivity index (χ0) is 23.7. The molecule has 1 saturated heterocycles. The second-order valence-electron chi connectivity index (χ2n) is 8.65. The van der Waals surface area contributed by atoms with E-state index in [1.165, 1.54) is 5.56 Å². The summed E-state index contributed by atoms with van der Waals surface area (Å²) >= 11 is 0. The molecule has 0 bridgehead atoms. The zero-order valence-electron chi connectivity index (χ0n) is 19.2. The SMILES string of the molecule is COc1ccc(C(=O)N2CCC(c3nc4c(nnn4Cc4ccc(C)cc4)c(=O)[nH]3)CC2)cc1. The minimum Gasteiger partial charge on any atom is -0.497 e. The fourth-order valence-corrected chi connectivity index (χ4v) is 4.32. The predicted octanol–water partition coefficient (Wildman–Crippen LogP) is 2.90. The molecule has 5 rings (SSSR count). The Balaban J connectivity index is 1.32. The van der Waals surface area contributed by atoms with Gasteiger partial charge in [0.25, 0.3) is 11.5 Å². The number of ether oxygens (including phenoxy) is 1. The van der Waals surface area contributed by atoms with E-state index < -0.39 is 0 Å². The van der Waals surface area contributed by atoms with E-state index in [-0.39, 0.29) is 22.9 Å². The van der Waals surface area contributed by atoms with Crippen LogP contribution in [0.3, 0.4) is 0 Å². The minimum absolute atomic E-state index is 0.00150. The lowest BCUT2D eigenvalue weighted by Gasteiger charge is -2.31. The Labute approximate surface area is 196 Å². The third-order valence-electron chi connectivity index (χ3n) is 6.35. The number of amides is 1. The molecule has 0 aliphatic carbocycles. The normalized spacial score (nSPS) is 14.5. The van der Waals surface area contributed by atoms with E-state index in [9.17, 15) is 9.59 Å². The van der Waals surface area contributed by atoms with Crippen molar-refractivity contribution in [3.8, 4) is 5.75 Å². The Kier molecular flexibility index (Phi) is 5.83. The van der Waals surface area contributed by atoms with Crippen molar-refractivity contribution in [2.75, 3.05) is 20.2 Å². The number of hydrogen-bond acceptors (Lipinski definition) is 6. The van der Waals surface area contributed by atoms with Crippen molar-refractivity contribution >= 4 is 17.1 Å². The summed E-state index contributed by atoms with van der Waals surface area (Å²) in [4.78, 5) is 35.0. The maximum Gasteiger partial charge on any atom is 0.281 e. The van der Waals surface area contributed by atoms with Crippen molar-refractivity contribution in [3.05, 3.63) is 81.4 Å². The summed E-state index contributed by atoms with van der Waals surface area (Å²) in [6.07, 6.45) is 1.44. The van der Waals surface area contributed by atoms with Crippen LogP contribution in [0.15, 0.2) is 53.3 Å². The number of H-pyrrole nitrogens is 1. The first kappa shape index (κ1) is 21.8. The van der Waals surface area contributed by atoms with E-state index >= 15 is 0 Å². The van der Waals surface area contributed by atoms with Crippen LogP contribution in [0.2, 0.25) is 0 Å². The molecule has 1 amide bonds. The molecule has 0 radical (unpaired) electrons. The average Bonchev–Trinajstić information content (AvgIpc) is 3.28. The number of aromatic amines is 1. The van der Waals surface area contributed by atoms with Gasteiger partial charge in [0, 0.05) is 24.6 Å². The monoisotopic (exact) mass is 458 g/mol. The van der Waals surface area contributed by atoms with Gasteiger partial charge in [-0.3, -0.25) is 9.59 Å². The highest BCUT2D eigenvalue weighted by atomic mass is 16.5. The molecule has 2 aromatic carbocycles. The van der Waals surface area contributed by atoms with E-state index in [1.807, 2.05) is 36.1 Å². The first-order valence-electron chi connectivity index (χ1n) is 11.3. The molecule has 1 aliphatic rings. The van der Waals surface area contributed by atoms with E-state index in [0.29, 0.717) is 36.7 Å². The number of hydrogen-bond donors (Lipinski definition) is 1. The first-order valence-corrected chi connectivity index (χ1v) is 11.3. The molecule has 0 saturated carbocycles. The van der Waals surface area contributed by atoms with Crippen LogP contribution in [0.5, 0.6) is 5.75 Å². The Morgan fingerprint density at radius 1 is 1.09 bits per heavy atom. The number of aryl methyl sites for hydroxylation is 1. The van der Waals surface area contributed by atoms with Crippen LogP contribution in [0, 0.1) is 6.92 Å². The summed E-state index contributed by atoms with van der Waals surface area (Å²) in [6, 6.07) is 15.3. The molecule has 0 unspecified atom stereocenters. The molecule has 0 atom stereocenters. The van der Waals surface area contributed by atoms with Gasteiger partial charge < -0.3 is 14.6 Å². The average molecular weight is 459 g/mol. The van der Waals surface area contributed by atoms with Crippen LogP contribution >= 0.6 is 0 Å². The molecule has 1 N–H and O–H groups in total. The summed E-state index contributed by atoms with van der Waals surface area (Å²) in [5, 5.41) is 8.21. The van der Waals surface area contributed by atoms with Crippen molar-refractivity contribution < 1.29 is 9.53 Å². The Hall–Kier alpha value is -4.01. The van der Waals surface area contributed by atoms with Crippen LogP contribution in [0.1, 0.15) is 46.1 Å². The number of benzene rings is 2. The number of methoxy groups -OCH3 is 1. The Morgan fingerprint density at radius 3 is 2.47 bits per heavy atom. The highest BCUT2D eigenvalue weighted by molar-refractivity contribution is 5.94. The van der Waals surface area contributed by atoms with Gasteiger partial charge in [0.2, 0.25) is 0 Å². The summed E-state index contributed by atoms with van der Waals surface area (Å²) < 4.78 is 6.83. The molecular formula is C25H26N6O3. The van der Waals surface area contributed by atoms with Gasteiger partial charge in [-0.1, -0.05) is 35.0 Å². The number of aromatic nitrogens is 5. The molecule has 9 nitrogen and oxygen atoms in total. The minimum atomic E-state index is -0.285. The fraction of sp³-hybridized carbons (Fsp3) is 0.320. The topological polar surface area (TPSA) is 106 Å². The molecule has 1 aliphatic heterocycles. The molecule has 4 aromatic rings. The molecular weight excluding hydrogens is 432 g/mol. The highest BCUT2D eigenvalue weighted by Crippen LogP contribution is 2.27. The Morgan fingerprint density at radius 2 is 1.79 bits per heavy atom. The number of fused-ring (bicyclic) bond motifs is 1. The van der Waals surface area contributed by atoms with Gasteiger partial charge in [-0.15, -0.1) is 5.10 Å². The van der Waals surface area contributed by atoms with Crippen LogP contribution in [-0.4, -0.2) is 56.0 Å². The standard InChI is InChI=1S/C25H26N6O3/c1-16-3-5-17(6-4-16)15-31-23-21(28-29-31)24(32)27-22(26-23)18-11-13-30(14-12-18)25(33)19-7-9-20(34-2)10-8-19/h3-10,18H,11-15H2,1-2H3,(H,26,27,32). The summed E-state index contributed by atoms with van der Waals surface area (Å²) in [5.41, 5.74) is 3.32. The number of piperidine rings is 1. The molecule has 0 spiro atoms. The highest BCUT2D eigenvalue weighted by Gasteiger charge is 2.27. The molecule has 3 heterocycles. The summed E-state index contributed by atoms with van der Waals surface area (Å²) in [6.45, 7) is 3.72. The number of nitrogens with one attached hydrogen (secondary N) is 1. The first-order chi connectivity index (χ1) is 16.5. The largest absolute Gasteiger partial charge is 0.497 e. The van der Waals surface area contributed by atoms with Crippen molar-refractivity contribution in [3.63, 3.8) is 0 Å². The summed E-state index contributed by atoms with van der Waals surface area (Å²) in [7, 11) is 1.60. The van der Waals surface area contributed by atoms with Gasteiger partial charge >= 0.3 is 0 Å². The van der Waals surface area contributed by atoms with Crippen LogP contribution in [0.25, 0.3) is 11.2 Å². The zero-order valence-corrected chi connectivity index (χ0v) is 19.2. The van der Waals surface area contributed by atoms with Gasteiger partial charge in [-0.05, 0) is 49.6 Å². The number of carbonyl (C=O) groups is 1. The number of likely N-dealkylation sites (tertiary alicyclic amines) is 1. The van der Waals surface area contributed by atoms with Gasteiger partial charge in [-0.25, -0.2) is 9.67 Å². The lowest BCUT2D eigenvalue weighted by atomic mass is 9.95. The maximum absolute atomic E-state index is 12.9. The van der Waals surface area contributed by atoms with Crippen molar-refractivity contribution in [1.82, 2.24) is 29.9 Å². The van der Waals surface area contributed by atoms with Gasteiger partial charge in [0.15, 0.2) is 11.2 Å². The van der Waals surface area contributed by atoms with Crippen LogP contribution < -0.4 is 10.3 Å². The Bertz CT molecular complexity index is 1370. The number of carbonyl (C=O) groups excluding carboxylic acids is 1. The second kappa shape index (κ2) is 9.09. The number of rotatable bonds is 5. The molecule has 9 heteroatoms. The van der Waals surface area contributed by atoms with Gasteiger partial charge in [0.1, 0.15) is 11.6 Å². The maximum atomic E-state index is 12.9. The predicted molar refractivity (Wildman–Crippen MR) is 127 cm³/mol. The van der Waals surface area contributed by atoms with Gasteiger partial charge in [-0.2, -0.15) is 0 Å². The van der Waals surface area contributed by atoms with E-state index in [4.69, 9.17) is 9.72 Å². The number of nitrogens with zero attached hydrogens (tertiary/aromatic N) is 5. The quantitative estimate of drug-likeness (QED) is 0.493. The smallest absolute Gasteiger partial charge is 0.281 e. The molecule has 2 aromatic heterocycles. The molecule has 34 heavy (non-hydrogen) atoms. The van der Waals surface area contributed by atoms with Gasteiger partial charge in [0.05, 0.1) is 13.7 Å². The molecule has 174 valence electrons. The van der Waals surface area contributed by atoms with E-state index in [2.05, 4.69) is 15.3 Å². The fourth-order valence-electron chi connectivity index (χ4n) is 4.32. The third-order valence-corrected chi connectivity index (χ3v) is 6.35. The van der Waals surface area contributed by atoms with E-state index in [0.717, 1.165) is 24.2 Å². The van der Waals surface area contributed by atoms with Crippen LogP contribution in [-0.2, 0) is 6.54 Å². The van der Waals surface area contributed by atoms with Crippen LogP contribution in [0.4, 0.5) is 0 Å². The van der Waals surface area contributed by atoms with Crippen molar-refractivity contribution in [2.24, 2.45) is 0 Å². The molecule has 1 fully saturated rings. The van der Waals surface area contributed by atoms with Crippen molar-refractivity contribution in [1.29, 1.82) is 0 Å². The third kappa shape index (κ3) is 4.28.